The van der Waals surface area contributed by atoms with Crippen LogP contribution >= 0.6 is 11.8 Å². The summed E-state index contributed by atoms with van der Waals surface area (Å²) in [5.74, 6) is 0. The van der Waals surface area contributed by atoms with Crippen LogP contribution in [0.25, 0.3) is 0 Å². The highest BCUT2D eigenvalue weighted by Crippen LogP contribution is 2.20. The second-order valence-electron chi connectivity index (χ2n) is 2.43. The Bertz CT molecular complexity index is 182. The molecule has 0 unspecified atom stereocenters. The highest BCUT2D eigenvalue weighted by Gasteiger charge is 2.08. The lowest BCUT2D eigenvalue weighted by Crippen LogP contribution is -2.15. The zero-order valence-corrected chi connectivity index (χ0v) is 7.15. The lowest BCUT2D eigenvalue weighted by atomic mass is 10.1. The van der Waals surface area contributed by atoms with Crippen LogP contribution in [0.3, 0.4) is 0 Å². The molecule has 1 aliphatic rings. The first-order chi connectivity index (χ1) is 4.75. The van der Waals surface area contributed by atoms with Gasteiger partial charge in [0.1, 0.15) is 0 Å². The summed E-state index contributed by atoms with van der Waals surface area (Å²) in [4.78, 5) is 0. The zero-order chi connectivity index (χ0) is 7.56. The smallest absolute Gasteiger partial charge is 0.0529 e. The van der Waals surface area contributed by atoms with Crippen molar-refractivity contribution in [3.05, 3.63) is 23.4 Å². The van der Waals surface area contributed by atoms with E-state index in [0.29, 0.717) is 0 Å². The topological polar surface area (TPSA) is 3.24 Å². The predicted octanol–water partition coefficient (Wildman–Crippen LogP) is 2.70. The molecule has 1 aliphatic heterocycles. The van der Waals surface area contributed by atoms with Crippen molar-refractivity contribution in [3.8, 4) is 0 Å². The molecule has 0 aliphatic carbocycles. The Morgan fingerprint density at radius 3 is 2.80 bits per heavy atom. The van der Waals surface area contributed by atoms with Crippen LogP contribution in [0, 0.1) is 0 Å². The second-order valence-corrected chi connectivity index (χ2v) is 2.84. The number of allylic oxidation sites excluding steroid dienone is 3. The summed E-state index contributed by atoms with van der Waals surface area (Å²) in [5, 5.41) is 0. The van der Waals surface area contributed by atoms with Crippen molar-refractivity contribution < 1.29 is 0 Å². The van der Waals surface area contributed by atoms with Crippen LogP contribution in [0.15, 0.2) is 23.4 Å². The van der Waals surface area contributed by atoms with E-state index in [2.05, 4.69) is 26.0 Å². The van der Waals surface area contributed by atoms with E-state index in [-0.39, 0.29) is 0 Å². The Morgan fingerprint density at radius 1 is 1.70 bits per heavy atom. The SMILES string of the molecule is CCC1=C(C)C=CCN1Cl. The molecule has 0 aromatic carbocycles. The Morgan fingerprint density at radius 2 is 2.40 bits per heavy atom. The number of halogens is 1. The van der Waals surface area contributed by atoms with Gasteiger partial charge in [-0.1, -0.05) is 19.1 Å². The molecule has 0 spiro atoms. The summed E-state index contributed by atoms with van der Waals surface area (Å²) >= 11 is 5.90. The summed E-state index contributed by atoms with van der Waals surface area (Å²) in [6.07, 6.45) is 5.21. The lowest BCUT2D eigenvalue weighted by molar-refractivity contribution is 0.577. The molecule has 1 nitrogen and oxygen atoms in total. The molecule has 10 heavy (non-hydrogen) atoms. The highest BCUT2D eigenvalue weighted by molar-refractivity contribution is 6.14. The number of hydrogen-bond acceptors (Lipinski definition) is 1. The zero-order valence-electron chi connectivity index (χ0n) is 6.39. The monoisotopic (exact) mass is 157 g/mol. The summed E-state index contributed by atoms with van der Waals surface area (Å²) < 4.78 is 1.77. The molecule has 0 bridgehead atoms. The molecule has 0 aromatic heterocycles. The fraction of sp³-hybridized carbons (Fsp3) is 0.500. The maximum atomic E-state index is 5.90. The van der Waals surface area contributed by atoms with Crippen LogP contribution in [0.5, 0.6) is 0 Å². The van der Waals surface area contributed by atoms with Crippen LogP contribution in [0.4, 0.5) is 0 Å². The number of nitrogens with zero attached hydrogens (tertiary/aromatic N) is 1. The highest BCUT2D eigenvalue weighted by atomic mass is 35.5. The Labute approximate surface area is 67.1 Å². The van der Waals surface area contributed by atoms with E-state index in [0.717, 1.165) is 13.0 Å². The molecule has 0 aromatic rings. The Hall–Kier alpha value is -0.430. The average Bonchev–Trinajstić information content (AvgIpc) is 1.88. The third kappa shape index (κ3) is 1.35. The normalized spacial score (nSPS) is 18.5. The second kappa shape index (κ2) is 3.11. The molecular formula is C8H12ClN. The molecule has 0 N–H and O–H groups in total. The minimum Gasteiger partial charge on any atom is -0.285 e. The molecular weight excluding hydrogens is 146 g/mol. The average molecular weight is 158 g/mol. The van der Waals surface area contributed by atoms with E-state index in [4.69, 9.17) is 11.8 Å². The van der Waals surface area contributed by atoms with Gasteiger partial charge >= 0.3 is 0 Å². The van der Waals surface area contributed by atoms with Gasteiger partial charge in [-0.3, -0.25) is 4.42 Å². The summed E-state index contributed by atoms with van der Waals surface area (Å²) in [6.45, 7) is 5.04. The molecule has 0 saturated carbocycles. The van der Waals surface area contributed by atoms with Gasteiger partial charge in [-0.25, -0.2) is 0 Å². The Balaban J connectivity index is 2.83. The van der Waals surface area contributed by atoms with Crippen molar-refractivity contribution in [2.75, 3.05) is 6.54 Å². The molecule has 0 amide bonds. The molecule has 0 fully saturated rings. The maximum Gasteiger partial charge on any atom is 0.0529 e. The third-order valence-corrected chi connectivity index (χ3v) is 2.06. The van der Waals surface area contributed by atoms with Gasteiger partial charge in [0, 0.05) is 17.5 Å². The number of rotatable bonds is 1. The maximum absolute atomic E-state index is 5.90. The van der Waals surface area contributed by atoms with Crippen LogP contribution in [-0.4, -0.2) is 11.0 Å². The summed E-state index contributed by atoms with van der Waals surface area (Å²) in [6, 6.07) is 0. The molecule has 1 rings (SSSR count). The van der Waals surface area contributed by atoms with Gasteiger partial charge in [0.2, 0.25) is 0 Å². The number of hydrogen-bond donors (Lipinski definition) is 0. The van der Waals surface area contributed by atoms with E-state index in [9.17, 15) is 0 Å². The summed E-state index contributed by atoms with van der Waals surface area (Å²) in [7, 11) is 0. The van der Waals surface area contributed by atoms with Crippen LogP contribution < -0.4 is 0 Å². The van der Waals surface area contributed by atoms with Gasteiger partial charge in [-0.15, -0.1) is 0 Å². The van der Waals surface area contributed by atoms with Gasteiger partial charge in [0.05, 0.1) is 6.54 Å². The van der Waals surface area contributed by atoms with Crippen molar-refractivity contribution in [1.82, 2.24) is 4.42 Å². The van der Waals surface area contributed by atoms with E-state index < -0.39 is 0 Å². The molecule has 0 atom stereocenters. The van der Waals surface area contributed by atoms with Crippen LogP contribution in [0.1, 0.15) is 20.3 Å². The van der Waals surface area contributed by atoms with E-state index >= 15 is 0 Å². The van der Waals surface area contributed by atoms with E-state index in [1.165, 1.54) is 11.3 Å². The lowest BCUT2D eigenvalue weighted by Gasteiger charge is -2.21. The largest absolute Gasteiger partial charge is 0.285 e. The van der Waals surface area contributed by atoms with Crippen molar-refractivity contribution in [2.24, 2.45) is 0 Å². The minimum atomic E-state index is 0.835. The standard InChI is InChI=1S/C8H12ClN/c1-3-8-7(2)5-4-6-10(8)9/h4-5H,3,6H2,1-2H3. The summed E-state index contributed by atoms with van der Waals surface area (Å²) in [5.41, 5.74) is 2.52. The van der Waals surface area contributed by atoms with Gasteiger partial charge in [-0.2, -0.15) is 0 Å². The van der Waals surface area contributed by atoms with Gasteiger partial charge in [-0.05, 0) is 18.9 Å². The van der Waals surface area contributed by atoms with Crippen molar-refractivity contribution in [1.29, 1.82) is 0 Å². The molecule has 56 valence electrons. The third-order valence-electron chi connectivity index (χ3n) is 1.72. The molecule has 2 heteroatoms. The first-order valence-corrected chi connectivity index (χ1v) is 3.89. The minimum absolute atomic E-state index is 0.835. The molecule has 0 radical (unpaired) electrons. The Kier molecular flexibility index (Phi) is 2.39. The van der Waals surface area contributed by atoms with Crippen molar-refractivity contribution >= 4 is 11.8 Å². The molecule has 1 heterocycles. The quantitative estimate of drug-likeness (QED) is 0.529. The van der Waals surface area contributed by atoms with Crippen molar-refractivity contribution in [2.45, 2.75) is 20.3 Å². The van der Waals surface area contributed by atoms with Crippen LogP contribution in [0.2, 0.25) is 0 Å². The van der Waals surface area contributed by atoms with Crippen molar-refractivity contribution in [3.63, 3.8) is 0 Å². The van der Waals surface area contributed by atoms with Crippen LogP contribution in [-0.2, 0) is 0 Å². The van der Waals surface area contributed by atoms with E-state index in [1.807, 2.05) is 0 Å². The van der Waals surface area contributed by atoms with Gasteiger partial charge in [0.25, 0.3) is 0 Å². The van der Waals surface area contributed by atoms with Gasteiger partial charge in [0.15, 0.2) is 0 Å². The first-order valence-electron chi connectivity index (χ1n) is 3.55. The fourth-order valence-electron chi connectivity index (χ4n) is 1.17. The fourth-order valence-corrected chi connectivity index (χ4v) is 1.50. The molecule has 0 saturated heterocycles. The van der Waals surface area contributed by atoms with Gasteiger partial charge < -0.3 is 0 Å². The predicted molar refractivity (Wildman–Crippen MR) is 44.7 cm³/mol. The first kappa shape index (κ1) is 7.67. The van der Waals surface area contributed by atoms with E-state index in [1.54, 1.807) is 4.42 Å².